The molecule has 0 saturated heterocycles. The molecular formula is C16H13FO2. The van der Waals surface area contributed by atoms with Crippen molar-refractivity contribution in [3.63, 3.8) is 0 Å². The number of halogens is 1. The number of aryl methyl sites for hydroxylation is 1. The largest absolute Gasteiger partial charge is 0.507 e. The summed E-state index contributed by atoms with van der Waals surface area (Å²) in [7, 11) is 0. The second-order valence-corrected chi connectivity index (χ2v) is 4.27. The van der Waals surface area contributed by atoms with Gasteiger partial charge in [0.05, 0.1) is 5.56 Å². The molecule has 0 atom stereocenters. The molecule has 0 aliphatic carbocycles. The monoisotopic (exact) mass is 256 g/mol. The predicted molar refractivity (Wildman–Crippen MR) is 72.6 cm³/mol. The molecule has 0 amide bonds. The van der Waals surface area contributed by atoms with Gasteiger partial charge in [-0.1, -0.05) is 35.9 Å². The van der Waals surface area contributed by atoms with Crippen LogP contribution in [0.2, 0.25) is 0 Å². The Labute approximate surface area is 110 Å². The van der Waals surface area contributed by atoms with Gasteiger partial charge in [0.25, 0.3) is 0 Å². The Bertz CT molecular complexity index is 628. The molecule has 0 unspecified atom stereocenters. The molecule has 0 aromatic heterocycles. The van der Waals surface area contributed by atoms with Gasteiger partial charge < -0.3 is 5.11 Å². The molecular weight excluding hydrogens is 243 g/mol. The Morgan fingerprint density at radius 3 is 2.53 bits per heavy atom. The van der Waals surface area contributed by atoms with Crippen molar-refractivity contribution in [2.75, 3.05) is 0 Å². The number of phenols is 1. The van der Waals surface area contributed by atoms with Crippen LogP contribution in [0.1, 0.15) is 21.5 Å². The van der Waals surface area contributed by atoms with Crippen LogP contribution < -0.4 is 0 Å². The van der Waals surface area contributed by atoms with Crippen molar-refractivity contribution in [1.29, 1.82) is 0 Å². The summed E-state index contributed by atoms with van der Waals surface area (Å²) in [5.41, 5.74) is 1.96. The normalized spacial score (nSPS) is 10.8. The fraction of sp³-hybridized carbons (Fsp3) is 0.0625. The van der Waals surface area contributed by atoms with Crippen LogP contribution in [-0.4, -0.2) is 10.9 Å². The topological polar surface area (TPSA) is 37.3 Å². The van der Waals surface area contributed by atoms with E-state index >= 15 is 0 Å². The number of phenolic OH excluding ortho intramolecular Hbond substituents is 1. The standard InChI is InChI=1S/C16H13FO2/c1-11-2-4-12(5-3-11)6-8-15(18)14-10-13(17)7-9-16(14)19/h2-10,19H,1H3/b8-6+. The summed E-state index contributed by atoms with van der Waals surface area (Å²) in [6.07, 6.45) is 2.95. The van der Waals surface area contributed by atoms with Gasteiger partial charge in [-0.2, -0.15) is 0 Å². The Morgan fingerprint density at radius 2 is 1.84 bits per heavy atom. The summed E-state index contributed by atoms with van der Waals surface area (Å²) in [5, 5.41) is 9.52. The Balaban J connectivity index is 2.21. The molecule has 2 rings (SSSR count). The van der Waals surface area contributed by atoms with Gasteiger partial charge in [0.15, 0.2) is 5.78 Å². The van der Waals surface area contributed by atoms with Crippen LogP contribution in [0.4, 0.5) is 4.39 Å². The minimum Gasteiger partial charge on any atom is -0.507 e. The third-order valence-corrected chi connectivity index (χ3v) is 2.73. The van der Waals surface area contributed by atoms with Gasteiger partial charge in [0.1, 0.15) is 11.6 Å². The first kappa shape index (κ1) is 13.0. The zero-order valence-corrected chi connectivity index (χ0v) is 10.4. The van der Waals surface area contributed by atoms with Crippen LogP contribution >= 0.6 is 0 Å². The first-order valence-electron chi connectivity index (χ1n) is 5.84. The first-order valence-corrected chi connectivity index (χ1v) is 5.84. The van der Waals surface area contributed by atoms with Crippen molar-refractivity contribution in [3.05, 3.63) is 71.0 Å². The smallest absolute Gasteiger partial charge is 0.189 e. The predicted octanol–water partition coefficient (Wildman–Crippen LogP) is 3.74. The summed E-state index contributed by atoms with van der Waals surface area (Å²) in [4.78, 5) is 11.8. The van der Waals surface area contributed by atoms with Crippen LogP contribution in [-0.2, 0) is 0 Å². The lowest BCUT2D eigenvalue weighted by Gasteiger charge is -2.00. The third-order valence-electron chi connectivity index (χ3n) is 2.73. The zero-order valence-electron chi connectivity index (χ0n) is 10.4. The number of hydrogen-bond donors (Lipinski definition) is 1. The van der Waals surface area contributed by atoms with E-state index in [9.17, 15) is 14.3 Å². The van der Waals surface area contributed by atoms with Gasteiger partial charge in [-0.05, 0) is 36.8 Å². The van der Waals surface area contributed by atoms with Gasteiger partial charge in [0.2, 0.25) is 0 Å². The molecule has 2 nitrogen and oxygen atoms in total. The molecule has 19 heavy (non-hydrogen) atoms. The number of allylic oxidation sites excluding steroid dienone is 1. The van der Waals surface area contributed by atoms with Gasteiger partial charge in [-0.3, -0.25) is 4.79 Å². The van der Waals surface area contributed by atoms with Gasteiger partial charge in [-0.15, -0.1) is 0 Å². The summed E-state index contributed by atoms with van der Waals surface area (Å²) < 4.78 is 13.0. The SMILES string of the molecule is Cc1ccc(/C=C/C(=O)c2cc(F)ccc2O)cc1. The maximum Gasteiger partial charge on any atom is 0.189 e. The van der Waals surface area contributed by atoms with Crippen LogP contribution in [0.3, 0.4) is 0 Å². The van der Waals surface area contributed by atoms with E-state index in [0.29, 0.717) is 0 Å². The molecule has 2 aromatic carbocycles. The molecule has 96 valence electrons. The van der Waals surface area contributed by atoms with E-state index in [4.69, 9.17) is 0 Å². The number of benzene rings is 2. The van der Waals surface area contributed by atoms with E-state index in [1.807, 2.05) is 31.2 Å². The molecule has 0 spiro atoms. The second kappa shape index (κ2) is 5.48. The third kappa shape index (κ3) is 3.28. The number of carbonyl (C=O) groups excluding carboxylic acids is 1. The van der Waals surface area contributed by atoms with E-state index in [-0.39, 0.29) is 11.3 Å². The highest BCUT2D eigenvalue weighted by Crippen LogP contribution is 2.19. The van der Waals surface area contributed by atoms with E-state index in [0.717, 1.165) is 23.3 Å². The highest BCUT2D eigenvalue weighted by molar-refractivity contribution is 6.08. The van der Waals surface area contributed by atoms with Gasteiger partial charge in [-0.25, -0.2) is 4.39 Å². The van der Waals surface area contributed by atoms with Gasteiger partial charge in [0, 0.05) is 0 Å². The quantitative estimate of drug-likeness (QED) is 0.671. The zero-order chi connectivity index (χ0) is 13.8. The molecule has 0 aliphatic rings. The lowest BCUT2D eigenvalue weighted by Crippen LogP contribution is -1.95. The molecule has 0 bridgehead atoms. The van der Waals surface area contributed by atoms with Gasteiger partial charge >= 0.3 is 0 Å². The Morgan fingerprint density at radius 1 is 1.16 bits per heavy atom. The highest BCUT2D eigenvalue weighted by Gasteiger charge is 2.09. The van der Waals surface area contributed by atoms with Crippen LogP contribution in [0.5, 0.6) is 5.75 Å². The Hall–Kier alpha value is -2.42. The summed E-state index contributed by atoms with van der Waals surface area (Å²) in [6.45, 7) is 1.98. The van der Waals surface area contributed by atoms with Crippen molar-refractivity contribution in [2.45, 2.75) is 6.92 Å². The molecule has 3 heteroatoms. The van der Waals surface area contributed by atoms with Crippen molar-refractivity contribution >= 4 is 11.9 Å². The summed E-state index contributed by atoms with van der Waals surface area (Å²) in [6, 6.07) is 10.9. The minimum absolute atomic E-state index is 0.0386. The van der Waals surface area contributed by atoms with Crippen molar-refractivity contribution in [2.24, 2.45) is 0 Å². The van der Waals surface area contributed by atoms with Crippen molar-refractivity contribution in [1.82, 2.24) is 0 Å². The molecule has 1 N–H and O–H groups in total. The molecule has 0 radical (unpaired) electrons. The number of hydrogen-bond acceptors (Lipinski definition) is 2. The fourth-order valence-electron chi connectivity index (χ4n) is 1.64. The van der Waals surface area contributed by atoms with E-state index in [1.54, 1.807) is 6.08 Å². The lowest BCUT2D eigenvalue weighted by atomic mass is 10.1. The maximum absolute atomic E-state index is 13.0. The maximum atomic E-state index is 13.0. The summed E-state index contributed by atoms with van der Waals surface area (Å²) in [5.74, 6) is -1.21. The minimum atomic E-state index is -0.551. The van der Waals surface area contributed by atoms with E-state index in [1.165, 1.54) is 12.1 Å². The van der Waals surface area contributed by atoms with Crippen LogP contribution in [0.25, 0.3) is 6.08 Å². The lowest BCUT2D eigenvalue weighted by molar-refractivity contribution is 0.104. The molecule has 0 saturated carbocycles. The number of rotatable bonds is 3. The number of carbonyl (C=O) groups is 1. The van der Waals surface area contributed by atoms with E-state index in [2.05, 4.69) is 0 Å². The van der Waals surface area contributed by atoms with E-state index < -0.39 is 11.6 Å². The average Bonchev–Trinajstić information content (AvgIpc) is 2.40. The average molecular weight is 256 g/mol. The first-order chi connectivity index (χ1) is 9.06. The Kier molecular flexibility index (Phi) is 3.76. The highest BCUT2D eigenvalue weighted by atomic mass is 19.1. The van der Waals surface area contributed by atoms with Crippen molar-refractivity contribution in [3.8, 4) is 5.75 Å². The molecule has 0 heterocycles. The molecule has 2 aromatic rings. The fourth-order valence-corrected chi connectivity index (χ4v) is 1.64. The van der Waals surface area contributed by atoms with Crippen LogP contribution in [0.15, 0.2) is 48.5 Å². The van der Waals surface area contributed by atoms with Crippen molar-refractivity contribution < 1.29 is 14.3 Å². The number of aromatic hydroxyl groups is 1. The second-order valence-electron chi connectivity index (χ2n) is 4.27. The number of ketones is 1. The molecule has 0 fully saturated rings. The summed E-state index contributed by atoms with van der Waals surface area (Å²) >= 11 is 0. The van der Waals surface area contributed by atoms with Crippen LogP contribution in [0, 0.1) is 12.7 Å². The molecule has 0 aliphatic heterocycles.